The molecule has 1 amide bonds. The van der Waals surface area contributed by atoms with Crippen LogP contribution in [0, 0.1) is 0 Å². The summed E-state index contributed by atoms with van der Waals surface area (Å²) in [5, 5.41) is 3.34. The van der Waals surface area contributed by atoms with Crippen molar-refractivity contribution in [3.63, 3.8) is 0 Å². The van der Waals surface area contributed by atoms with Crippen LogP contribution >= 0.6 is 0 Å². The molecule has 1 aromatic carbocycles. The summed E-state index contributed by atoms with van der Waals surface area (Å²) < 4.78 is 5.54. The third-order valence-corrected chi connectivity index (χ3v) is 7.09. The van der Waals surface area contributed by atoms with Crippen molar-refractivity contribution in [3.8, 4) is 11.1 Å². The second kappa shape index (κ2) is 9.20. The van der Waals surface area contributed by atoms with Crippen molar-refractivity contribution in [2.75, 3.05) is 56.7 Å². The quantitative estimate of drug-likeness (QED) is 0.611. The number of fused-ring (bicyclic) bond motifs is 1. The minimum absolute atomic E-state index is 0.239. The van der Waals surface area contributed by atoms with Crippen molar-refractivity contribution in [3.05, 3.63) is 65.6 Å². The molecule has 2 saturated heterocycles. The summed E-state index contributed by atoms with van der Waals surface area (Å²) >= 11 is 0. The molecule has 2 aromatic heterocycles. The molecule has 6 rings (SSSR count). The van der Waals surface area contributed by atoms with Crippen molar-refractivity contribution >= 4 is 29.3 Å². The molecule has 0 bridgehead atoms. The molecule has 2 fully saturated rings. The average Bonchev–Trinajstić information content (AvgIpc) is 3.56. The Labute approximate surface area is 204 Å². The molecule has 8 nitrogen and oxygen atoms in total. The van der Waals surface area contributed by atoms with E-state index < -0.39 is 0 Å². The second-order valence-corrected chi connectivity index (χ2v) is 9.36. The van der Waals surface area contributed by atoms with Crippen LogP contribution in [0.5, 0.6) is 0 Å². The summed E-state index contributed by atoms with van der Waals surface area (Å²) in [6.07, 6.45) is 6.38. The number of carbonyl (C=O) groups is 1. The number of hydrogen-bond donors (Lipinski definition) is 1. The Kier molecular flexibility index (Phi) is 5.75. The van der Waals surface area contributed by atoms with E-state index in [1.165, 1.54) is 0 Å². The van der Waals surface area contributed by atoms with Gasteiger partial charge in [0.25, 0.3) is 5.91 Å². The number of aromatic nitrogens is 2. The lowest BCUT2D eigenvalue weighted by atomic mass is 9.94. The normalized spacial score (nSPS) is 19.9. The fourth-order valence-electron chi connectivity index (χ4n) is 4.98. The van der Waals surface area contributed by atoms with Crippen LogP contribution in [0.1, 0.15) is 34.0 Å². The van der Waals surface area contributed by atoms with Crippen LogP contribution in [0.3, 0.4) is 0 Å². The molecule has 0 spiro atoms. The third kappa shape index (κ3) is 4.31. The highest BCUT2D eigenvalue weighted by molar-refractivity contribution is 6.19. The van der Waals surface area contributed by atoms with E-state index in [0.717, 1.165) is 67.3 Å². The van der Waals surface area contributed by atoms with Gasteiger partial charge in [0, 0.05) is 62.4 Å². The van der Waals surface area contributed by atoms with E-state index in [1.54, 1.807) is 6.21 Å². The van der Waals surface area contributed by atoms with Crippen LogP contribution in [-0.4, -0.2) is 73.4 Å². The second-order valence-electron chi connectivity index (χ2n) is 9.36. The molecule has 3 aromatic rings. The Morgan fingerprint density at radius 2 is 1.94 bits per heavy atom. The van der Waals surface area contributed by atoms with Crippen LogP contribution in [0.2, 0.25) is 0 Å². The molecule has 8 heteroatoms. The zero-order valence-electron chi connectivity index (χ0n) is 19.8. The topological polar surface area (TPSA) is 83.0 Å². The van der Waals surface area contributed by atoms with Crippen LogP contribution < -0.4 is 10.2 Å². The van der Waals surface area contributed by atoms with E-state index >= 15 is 0 Å². The lowest BCUT2D eigenvalue weighted by molar-refractivity contribution is 0.101. The fraction of sp³-hybridized carbons (Fsp3) is 0.333. The van der Waals surface area contributed by atoms with Crippen molar-refractivity contribution < 1.29 is 9.53 Å². The van der Waals surface area contributed by atoms with Crippen molar-refractivity contribution in [1.29, 1.82) is 0 Å². The van der Waals surface area contributed by atoms with Gasteiger partial charge in [-0.25, -0.2) is 9.98 Å². The Morgan fingerprint density at radius 3 is 2.71 bits per heavy atom. The van der Waals surface area contributed by atoms with E-state index in [9.17, 15) is 4.79 Å². The largest absolute Gasteiger partial charge is 0.381 e. The van der Waals surface area contributed by atoms with E-state index in [0.29, 0.717) is 29.6 Å². The minimum atomic E-state index is -0.239. The number of ether oxygens (including phenoxy) is 1. The van der Waals surface area contributed by atoms with Gasteiger partial charge in [-0.1, -0.05) is 6.07 Å². The molecule has 1 unspecified atom stereocenters. The lowest BCUT2D eigenvalue weighted by Crippen LogP contribution is -2.44. The highest BCUT2D eigenvalue weighted by Gasteiger charge is 2.25. The van der Waals surface area contributed by atoms with Gasteiger partial charge in [-0.3, -0.25) is 9.78 Å². The molecule has 0 saturated carbocycles. The van der Waals surface area contributed by atoms with Gasteiger partial charge in [-0.2, -0.15) is 0 Å². The van der Waals surface area contributed by atoms with Gasteiger partial charge >= 0.3 is 0 Å². The van der Waals surface area contributed by atoms with Gasteiger partial charge in [-0.15, -0.1) is 0 Å². The van der Waals surface area contributed by atoms with Gasteiger partial charge in [0.15, 0.2) is 0 Å². The number of hydrogen-bond acceptors (Lipinski definition) is 7. The molecule has 3 aliphatic rings. The van der Waals surface area contributed by atoms with E-state index in [-0.39, 0.29) is 5.91 Å². The molecule has 1 N–H and O–H groups in total. The lowest BCUT2D eigenvalue weighted by Gasteiger charge is -2.33. The molecule has 0 radical (unpaired) electrons. The molecule has 35 heavy (non-hydrogen) atoms. The van der Waals surface area contributed by atoms with Gasteiger partial charge in [0.1, 0.15) is 5.82 Å². The number of anilines is 3. The predicted molar refractivity (Wildman–Crippen MR) is 137 cm³/mol. The number of rotatable bonds is 5. The van der Waals surface area contributed by atoms with Crippen molar-refractivity contribution in [1.82, 2.24) is 14.9 Å². The van der Waals surface area contributed by atoms with Gasteiger partial charge in [-0.05, 0) is 54.9 Å². The molecular formula is C27H28N6O2. The summed E-state index contributed by atoms with van der Waals surface area (Å²) in [5.41, 5.74) is 6.27. The first kappa shape index (κ1) is 21.9. The van der Waals surface area contributed by atoms with Crippen LogP contribution in [0.25, 0.3) is 11.1 Å². The standard InChI is InChI=1S/C27H28N6O2/c1-32-9-11-33(12-10-32)20-2-5-25(29-15-20)31-23-4-3-21(22-16-30-27(34)26(22)23)18-6-8-28-24(14-18)19-7-13-35-17-19/h2-6,8,14-16,19H,7,9-13,17H2,1H3,(H,29,31). The molecular weight excluding hydrogens is 440 g/mol. The van der Waals surface area contributed by atoms with Gasteiger partial charge in [0.2, 0.25) is 0 Å². The van der Waals surface area contributed by atoms with Crippen molar-refractivity contribution in [2.45, 2.75) is 12.3 Å². The number of likely N-dealkylation sites (N-methyl/N-ethyl adjacent to an activating group) is 1. The fourth-order valence-corrected chi connectivity index (χ4v) is 4.98. The van der Waals surface area contributed by atoms with Crippen molar-refractivity contribution in [2.24, 2.45) is 4.99 Å². The molecule has 3 aliphatic heterocycles. The summed E-state index contributed by atoms with van der Waals surface area (Å²) in [4.78, 5) is 30.7. The number of aliphatic imine (C=N–C) groups is 1. The zero-order valence-corrected chi connectivity index (χ0v) is 19.8. The highest BCUT2D eigenvalue weighted by atomic mass is 16.5. The number of amides is 1. The first-order valence-electron chi connectivity index (χ1n) is 12.1. The first-order chi connectivity index (χ1) is 17.2. The third-order valence-electron chi connectivity index (χ3n) is 7.09. The first-order valence-corrected chi connectivity index (χ1v) is 12.1. The molecule has 5 heterocycles. The number of pyridine rings is 2. The van der Waals surface area contributed by atoms with Crippen LogP contribution in [0.15, 0.2) is 53.8 Å². The minimum Gasteiger partial charge on any atom is -0.381 e. The summed E-state index contributed by atoms with van der Waals surface area (Å²) in [5.74, 6) is 0.779. The number of nitrogens with one attached hydrogen (secondary N) is 1. The van der Waals surface area contributed by atoms with Crippen LogP contribution in [0.4, 0.5) is 17.2 Å². The maximum atomic E-state index is 12.7. The van der Waals surface area contributed by atoms with Crippen LogP contribution in [-0.2, 0) is 4.74 Å². The maximum Gasteiger partial charge on any atom is 0.279 e. The molecule has 0 aliphatic carbocycles. The van der Waals surface area contributed by atoms with E-state index in [2.05, 4.69) is 49.3 Å². The Bertz CT molecular complexity index is 1280. The Morgan fingerprint density at radius 1 is 1.06 bits per heavy atom. The Hall–Kier alpha value is -3.62. The van der Waals surface area contributed by atoms with E-state index in [1.807, 2.05) is 36.7 Å². The molecule has 178 valence electrons. The number of benzene rings is 1. The SMILES string of the molecule is CN1CCN(c2ccc(Nc3ccc(-c4ccnc(C5CCOC5)c4)c4c3C(=O)N=C4)nc2)CC1. The summed E-state index contributed by atoms with van der Waals surface area (Å²) in [7, 11) is 2.15. The predicted octanol–water partition coefficient (Wildman–Crippen LogP) is 3.72. The monoisotopic (exact) mass is 468 g/mol. The summed E-state index contributed by atoms with van der Waals surface area (Å²) in [6.45, 7) is 5.57. The smallest absolute Gasteiger partial charge is 0.279 e. The van der Waals surface area contributed by atoms with Gasteiger partial charge < -0.3 is 19.9 Å². The number of nitrogens with zero attached hydrogens (tertiary/aromatic N) is 5. The number of piperazine rings is 1. The Balaban J connectivity index is 1.26. The zero-order chi connectivity index (χ0) is 23.8. The molecule has 1 atom stereocenters. The maximum absolute atomic E-state index is 12.7. The van der Waals surface area contributed by atoms with E-state index in [4.69, 9.17) is 4.74 Å². The summed E-state index contributed by atoms with van der Waals surface area (Å²) in [6, 6.07) is 12.1. The van der Waals surface area contributed by atoms with Gasteiger partial charge in [0.05, 0.1) is 29.7 Å². The highest BCUT2D eigenvalue weighted by Crippen LogP contribution is 2.35. The number of carbonyl (C=O) groups excluding carboxylic acids is 1. The average molecular weight is 469 g/mol.